The Morgan fingerprint density at radius 2 is 2.00 bits per heavy atom. The molecule has 1 spiro atoms. The van der Waals surface area contributed by atoms with Gasteiger partial charge in [-0.05, 0) is 37.0 Å². The van der Waals surface area contributed by atoms with E-state index in [0.717, 1.165) is 4.90 Å². The number of urea groups is 1. The van der Waals surface area contributed by atoms with Crippen molar-refractivity contribution in [1.29, 1.82) is 0 Å². The van der Waals surface area contributed by atoms with Crippen molar-refractivity contribution in [3.63, 3.8) is 0 Å². The number of halogens is 1. The van der Waals surface area contributed by atoms with E-state index >= 15 is 0 Å². The summed E-state index contributed by atoms with van der Waals surface area (Å²) in [4.78, 5) is 36.6. The molecule has 3 rings (SSSR count). The van der Waals surface area contributed by atoms with Gasteiger partial charge < -0.3 is 0 Å². The van der Waals surface area contributed by atoms with Crippen molar-refractivity contribution in [3.05, 3.63) is 35.6 Å². The molecular weight excluding hydrogens is 263 g/mol. The zero-order valence-electron chi connectivity index (χ0n) is 10.7. The number of barbiturate groups is 1. The van der Waals surface area contributed by atoms with Gasteiger partial charge in [0, 0.05) is 6.54 Å². The largest absolute Gasteiger partial charge is 0.330 e. The molecule has 1 saturated heterocycles. The van der Waals surface area contributed by atoms with Gasteiger partial charge in [-0.2, -0.15) is 0 Å². The number of amides is 4. The summed E-state index contributed by atoms with van der Waals surface area (Å²) >= 11 is 0. The minimum atomic E-state index is -1.02. The number of nitrogens with one attached hydrogen (secondary N) is 1. The number of nitrogens with zero attached hydrogens (tertiary/aromatic N) is 1. The Bertz CT molecular complexity index is 610. The third-order valence-electron chi connectivity index (χ3n) is 3.82. The van der Waals surface area contributed by atoms with Gasteiger partial charge in [0.1, 0.15) is 11.2 Å². The molecule has 0 unspecified atom stereocenters. The summed E-state index contributed by atoms with van der Waals surface area (Å²) in [5.41, 5.74) is -0.317. The normalized spacial score (nSPS) is 20.2. The summed E-state index contributed by atoms with van der Waals surface area (Å²) in [6.07, 6.45) is 1.34. The first-order valence-corrected chi connectivity index (χ1v) is 6.45. The quantitative estimate of drug-likeness (QED) is 0.844. The topological polar surface area (TPSA) is 66.5 Å². The molecule has 0 aromatic heterocycles. The van der Waals surface area contributed by atoms with Crippen LogP contribution >= 0.6 is 0 Å². The van der Waals surface area contributed by atoms with Crippen molar-refractivity contribution in [1.82, 2.24) is 10.2 Å². The molecule has 1 aromatic rings. The summed E-state index contributed by atoms with van der Waals surface area (Å²) in [6.45, 7) is 0.142. The Hall–Kier alpha value is -2.24. The second-order valence-corrected chi connectivity index (χ2v) is 5.18. The van der Waals surface area contributed by atoms with E-state index in [1.54, 1.807) is 12.1 Å². The molecular formula is C14H13FN2O3. The van der Waals surface area contributed by atoms with Crippen LogP contribution in [0.1, 0.15) is 18.4 Å². The van der Waals surface area contributed by atoms with Gasteiger partial charge in [-0.1, -0.05) is 12.1 Å². The molecule has 1 aliphatic heterocycles. The van der Waals surface area contributed by atoms with Crippen LogP contribution in [0.25, 0.3) is 0 Å². The lowest BCUT2D eigenvalue weighted by Gasteiger charge is -2.30. The standard InChI is InChI=1S/C14H13FN2O3/c15-10-3-1-2-9(8-10)4-7-17-12(19)14(5-6-14)11(18)16-13(17)20/h1-3,8H,4-7H2,(H,16,18,20). The average molecular weight is 276 g/mol. The maximum Gasteiger partial charge on any atom is 0.330 e. The fraction of sp³-hybridized carbons (Fsp3) is 0.357. The molecule has 1 aromatic carbocycles. The lowest BCUT2D eigenvalue weighted by molar-refractivity contribution is -0.144. The Kier molecular flexibility index (Phi) is 2.81. The van der Waals surface area contributed by atoms with E-state index in [1.807, 2.05) is 0 Å². The molecule has 5 nitrogen and oxygen atoms in total. The van der Waals surface area contributed by atoms with E-state index in [9.17, 15) is 18.8 Å². The van der Waals surface area contributed by atoms with Gasteiger partial charge in [0.05, 0.1) is 0 Å². The summed E-state index contributed by atoms with van der Waals surface area (Å²) in [5, 5.41) is 2.21. The predicted octanol–water partition coefficient (Wildman–Crippen LogP) is 1.23. The molecule has 2 aliphatic rings. The molecule has 1 saturated carbocycles. The highest BCUT2D eigenvalue weighted by molar-refractivity contribution is 6.20. The second kappa shape index (κ2) is 4.40. The van der Waals surface area contributed by atoms with Crippen molar-refractivity contribution >= 4 is 17.8 Å². The smallest absolute Gasteiger partial charge is 0.277 e. The second-order valence-electron chi connectivity index (χ2n) is 5.18. The van der Waals surface area contributed by atoms with Crippen LogP contribution in [-0.4, -0.2) is 29.3 Å². The first-order valence-electron chi connectivity index (χ1n) is 6.45. The van der Waals surface area contributed by atoms with E-state index in [2.05, 4.69) is 5.32 Å². The third-order valence-corrected chi connectivity index (χ3v) is 3.82. The fourth-order valence-electron chi connectivity index (χ4n) is 2.43. The number of hydrogen-bond acceptors (Lipinski definition) is 3. The predicted molar refractivity (Wildman–Crippen MR) is 67.0 cm³/mol. The minimum absolute atomic E-state index is 0.142. The molecule has 4 amide bonds. The molecule has 1 N–H and O–H groups in total. The van der Waals surface area contributed by atoms with Gasteiger partial charge in [-0.25, -0.2) is 9.18 Å². The van der Waals surface area contributed by atoms with E-state index in [4.69, 9.17) is 0 Å². The van der Waals surface area contributed by atoms with Crippen LogP contribution in [0.4, 0.5) is 9.18 Å². The van der Waals surface area contributed by atoms with Crippen LogP contribution in [0.15, 0.2) is 24.3 Å². The maximum absolute atomic E-state index is 13.1. The fourth-order valence-corrected chi connectivity index (χ4v) is 2.43. The van der Waals surface area contributed by atoms with Crippen molar-refractivity contribution in [2.75, 3.05) is 6.54 Å². The Morgan fingerprint density at radius 3 is 2.65 bits per heavy atom. The molecule has 1 heterocycles. The Balaban J connectivity index is 1.72. The highest BCUT2D eigenvalue weighted by Gasteiger charge is 2.61. The molecule has 0 radical (unpaired) electrons. The lowest BCUT2D eigenvalue weighted by Crippen LogP contribution is -2.59. The summed E-state index contributed by atoms with van der Waals surface area (Å²) in [6, 6.07) is 5.32. The summed E-state index contributed by atoms with van der Waals surface area (Å²) in [7, 11) is 0. The van der Waals surface area contributed by atoms with Crippen molar-refractivity contribution in [3.8, 4) is 0 Å². The van der Waals surface area contributed by atoms with E-state index < -0.39 is 23.3 Å². The van der Waals surface area contributed by atoms with Crippen LogP contribution in [0.5, 0.6) is 0 Å². The van der Waals surface area contributed by atoms with Crippen LogP contribution in [0, 0.1) is 11.2 Å². The van der Waals surface area contributed by atoms with Gasteiger partial charge in [-0.3, -0.25) is 19.8 Å². The van der Waals surface area contributed by atoms with Crippen molar-refractivity contribution < 1.29 is 18.8 Å². The van der Waals surface area contributed by atoms with Crippen LogP contribution in [0.3, 0.4) is 0 Å². The van der Waals surface area contributed by atoms with Gasteiger partial charge in [0.15, 0.2) is 0 Å². The number of carbonyl (C=O) groups excluding carboxylic acids is 3. The average Bonchev–Trinajstić information content (AvgIpc) is 3.18. The SMILES string of the molecule is O=C1NC(=O)C2(CC2)C(=O)N1CCc1cccc(F)c1. The molecule has 6 heteroatoms. The number of imide groups is 2. The Morgan fingerprint density at radius 1 is 1.25 bits per heavy atom. The lowest BCUT2D eigenvalue weighted by atomic mass is 10.0. The number of hydrogen-bond donors (Lipinski definition) is 1. The van der Waals surface area contributed by atoms with E-state index in [-0.39, 0.29) is 12.4 Å². The maximum atomic E-state index is 13.1. The van der Waals surface area contributed by atoms with Gasteiger partial charge in [-0.15, -0.1) is 0 Å². The van der Waals surface area contributed by atoms with Gasteiger partial charge in [0.25, 0.3) is 0 Å². The number of benzene rings is 1. The van der Waals surface area contributed by atoms with Gasteiger partial charge >= 0.3 is 6.03 Å². The monoisotopic (exact) mass is 276 g/mol. The number of rotatable bonds is 3. The number of carbonyl (C=O) groups is 3. The van der Waals surface area contributed by atoms with Gasteiger partial charge in [0.2, 0.25) is 11.8 Å². The third kappa shape index (κ3) is 1.97. The van der Waals surface area contributed by atoms with Crippen LogP contribution in [-0.2, 0) is 16.0 Å². The van der Waals surface area contributed by atoms with Crippen LogP contribution < -0.4 is 5.32 Å². The Labute approximate surface area is 114 Å². The summed E-state index contributed by atoms with van der Waals surface area (Å²) in [5.74, 6) is -1.28. The zero-order valence-corrected chi connectivity index (χ0v) is 10.7. The first-order chi connectivity index (χ1) is 9.53. The highest BCUT2D eigenvalue weighted by atomic mass is 19.1. The highest BCUT2D eigenvalue weighted by Crippen LogP contribution is 2.48. The molecule has 2 fully saturated rings. The van der Waals surface area contributed by atoms with E-state index in [1.165, 1.54) is 12.1 Å². The molecule has 1 aliphatic carbocycles. The van der Waals surface area contributed by atoms with Crippen molar-refractivity contribution in [2.45, 2.75) is 19.3 Å². The first kappa shape index (κ1) is 12.8. The van der Waals surface area contributed by atoms with Crippen molar-refractivity contribution in [2.24, 2.45) is 5.41 Å². The summed E-state index contributed by atoms with van der Waals surface area (Å²) < 4.78 is 13.1. The van der Waals surface area contributed by atoms with E-state index in [0.29, 0.717) is 24.8 Å². The molecule has 20 heavy (non-hydrogen) atoms. The molecule has 104 valence electrons. The molecule has 0 atom stereocenters. The minimum Gasteiger partial charge on any atom is -0.277 e. The van der Waals surface area contributed by atoms with Crippen LogP contribution in [0.2, 0.25) is 0 Å². The molecule has 0 bridgehead atoms. The zero-order chi connectivity index (χ0) is 14.3.